The van der Waals surface area contributed by atoms with Crippen LogP contribution in [-0.2, 0) is 13.1 Å². The Hall–Kier alpha value is -1.74. The molecule has 0 saturated carbocycles. The van der Waals surface area contributed by atoms with E-state index in [1.807, 2.05) is 6.07 Å². The fourth-order valence-electron chi connectivity index (χ4n) is 3.07. The minimum absolute atomic E-state index is 0. The number of halogens is 1. The van der Waals surface area contributed by atoms with Crippen LogP contribution in [0.5, 0.6) is 0 Å². The minimum atomic E-state index is 0. The number of aryl methyl sites for hydroxylation is 2. The van der Waals surface area contributed by atoms with Crippen molar-refractivity contribution in [3.8, 4) is 0 Å². The van der Waals surface area contributed by atoms with Gasteiger partial charge in [0.05, 0.1) is 11.0 Å². The van der Waals surface area contributed by atoms with Gasteiger partial charge in [0.15, 0.2) is 5.96 Å². The molecule has 2 N–H and O–H groups in total. The molecule has 2 aromatic carbocycles. The first-order chi connectivity index (χ1) is 13.2. The standard InChI is InChI=1S/C21H27N5S.HI/c1-16-25-19-7-4-5-8-20(19)26(16)14-6-13-23-21(22-2)24-15-17-9-11-18(27-3)12-10-17;/h4-5,7-12H,6,13-15H2,1-3H3,(H2,22,23,24);1H. The van der Waals surface area contributed by atoms with Crippen LogP contribution in [0.4, 0.5) is 0 Å². The maximum Gasteiger partial charge on any atom is 0.191 e. The van der Waals surface area contributed by atoms with E-state index in [0.717, 1.165) is 43.4 Å². The van der Waals surface area contributed by atoms with Crippen molar-refractivity contribution in [1.29, 1.82) is 0 Å². The molecule has 5 nitrogen and oxygen atoms in total. The van der Waals surface area contributed by atoms with E-state index in [2.05, 4.69) is 80.8 Å². The van der Waals surface area contributed by atoms with Crippen molar-refractivity contribution in [2.75, 3.05) is 19.8 Å². The monoisotopic (exact) mass is 509 g/mol. The molecule has 1 aromatic heterocycles. The van der Waals surface area contributed by atoms with E-state index in [9.17, 15) is 0 Å². The second kappa shape index (κ2) is 11.3. The van der Waals surface area contributed by atoms with Gasteiger partial charge >= 0.3 is 0 Å². The summed E-state index contributed by atoms with van der Waals surface area (Å²) in [5, 5.41) is 6.76. The lowest BCUT2D eigenvalue weighted by Gasteiger charge is -2.13. The van der Waals surface area contributed by atoms with Crippen molar-refractivity contribution in [2.45, 2.75) is 31.3 Å². The molecule has 150 valence electrons. The molecule has 0 aliphatic carbocycles. The highest BCUT2D eigenvalue weighted by molar-refractivity contribution is 14.0. The molecular formula is C21H28IN5S. The molecule has 3 aromatic rings. The van der Waals surface area contributed by atoms with Gasteiger partial charge in [0.25, 0.3) is 0 Å². The van der Waals surface area contributed by atoms with Gasteiger partial charge in [-0.05, 0) is 49.4 Å². The molecule has 7 heteroatoms. The molecule has 0 unspecified atom stereocenters. The molecule has 0 radical (unpaired) electrons. The van der Waals surface area contributed by atoms with Gasteiger partial charge < -0.3 is 15.2 Å². The van der Waals surface area contributed by atoms with Gasteiger partial charge in [-0.15, -0.1) is 35.7 Å². The van der Waals surface area contributed by atoms with E-state index in [1.54, 1.807) is 18.8 Å². The summed E-state index contributed by atoms with van der Waals surface area (Å²) in [7, 11) is 1.81. The van der Waals surface area contributed by atoms with Crippen LogP contribution in [0, 0.1) is 6.92 Å². The molecule has 0 fully saturated rings. The molecule has 0 bridgehead atoms. The lowest BCUT2D eigenvalue weighted by atomic mass is 10.2. The second-order valence-electron chi connectivity index (χ2n) is 6.35. The summed E-state index contributed by atoms with van der Waals surface area (Å²) in [5.41, 5.74) is 3.51. The Morgan fingerprint density at radius 3 is 2.57 bits per heavy atom. The molecule has 3 rings (SSSR count). The quantitative estimate of drug-likeness (QED) is 0.163. The first-order valence-corrected chi connectivity index (χ1v) is 10.4. The highest BCUT2D eigenvalue weighted by Crippen LogP contribution is 2.16. The van der Waals surface area contributed by atoms with Gasteiger partial charge in [-0.2, -0.15) is 0 Å². The average Bonchev–Trinajstić information content (AvgIpc) is 3.03. The molecule has 28 heavy (non-hydrogen) atoms. The predicted molar refractivity (Wildman–Crippen MR) is 131 cm³/mol. The predicted octanol–water partition coefficient (Wildman–Crippen LogP) is 4.44. The summed E-state index contributed by atoms with van der Waals surface area (Å²) in [6, 6.07) is 16.9. The number of para-hydroxylation sites is 2. The first kappa shape index (κ1) is 22.5. The Balaban J connectivity index is 0.00000280. The SMILES string of the molecule is CN=C(NCCCn1c(C)nc2ccccc21)NCc1ccc(SC)cc1.I. The average molecular weight is 509 g/mol. The highest BCUT2D eigenvalue weighted by atomic mass is 127. The van der Waals surface area contributed by atoms with Crippen molar-refractivity contribution in [2.24, 2.45) is 4.99 Å². The van der Waals surface area contributed by atoms with Crippen molar-refractivity contribution in [3.05, 3.63) is 59.9 Å². The molecule has 0 amide bonds. The van der Waals surface area contributed by atoms with Crippen molar-refractivity contribution >= 4 is 52.7 Å². The van der Waals surface area contributed by atoms with Crippen LogP contribution in [0.2, 0.25) is 0 Å². The number of nitrogens with zero attached hydrogens (tertiary/aromatic N) is 3. The van der Waals surface area contributed by atoms with E-state index >= 15 is 0 Å². The fourth-order valence-corrected chi connectivity index (χ4v) is 3.48. The molecule has 1 heterocycles. The number of hydrogen-bond acceptors (Lipinski definition) is 3. The van der Waals surface area contributed by atoms with Gasteiger partial charge in [0.1, 0.15) is 5.82 Å². The third kappa shape index (κ3) is 5.88. The van der Waals surface area contributed by atoms with E-state index in [0.29, 0.717) is 0 Å². The number of hydrogen-bond donors (Lipinski definition) is 2. The number of aliphatic imine (C=N–C) groups is 1. The van der Waals surface area contributed by atoms with Crippen molar-refractivity contribution in [3.63, 3.8) is 0 Å². The van der Waals surface area contributed by atoms with E-state index in [1.165, 1.54) is 16.0 Å². The molecule has 0 aliphatic heterocycles. The summed E-state index contributed by atoms with van der Waals surface area (Å²) in [4.78, 5) is 10.2. The molecule has 0 atom stereocenters. The Morgan fingerprint density at radius 2 is 1.86 bits per heavy atom. The third-order valence-corrected chi connectivity index (χ3v) is 5.28. The second-order valence-corrected chi connectivity index (χ2v) is 7.23. The Kier molecular flexibility index (Phi) is 9.11. The number of aromatic nitrogens is 2. The lowest BCUT2D eigenvalue weighted by Crippen LogP contribution is -2.37. The summed E-state index contributed by atoms with van der Waals surface area (Å²) < 4.78 is 2.28. The Bertz CT molecular complexity index is 905. The van der Waals surface area contributed by atoms with Crippen LogP contribution in [0.1, 0.15) is 17.8 Å². The van der Waals surface area contributed by atoms with Crippen LogP contribution in [0.25, 0.3) is 11.0 Å². The van der Waals surface area contributed by atoms with Crippen LogP contribution in [0.3, 0.4) is 0 Å². The van der Waals surface area contributed by atoms with E-state index in [-0.39, 0.29) is 24.0 Å². The normalized spacial score (nSPS) is 11.3. The number of rotatable bonds is 7. The number of benzene rings is 2. The maximum absolute atomic E-state index is 4.62. The number of imidazole rings is 1. The smallest absolute Gasteiger partial charge is 0.191 e. The molecule has 0 aliphatic rings. The third-order valence-electron chi connectivity index (χ3n) is 4.54. The summed E-state index contributed by atoms with van der Waals surface area (Å²) in [6.07, 6.45) is 3.09. The minimum Gasteiger partial charge on any atom is -0.356 e. The summed E-state index contributed by atoms with van der Waals surface area (Å²) in [5.74, 6) is 1.89. The Labute approximate surface area is 188 Å². The Morgan fingerprint density at radius 1 is 1.11 bits per heavy atom. The highest BCUT2D eigenvalue weighted by Gasteiger charge is 2.06. The first-order valence-electron chi connectivity index (χ1n) is 9.20. The van der Waals surface area contributed by atoms with Gasteiger partial charge in [-0.1, -0.05) is 24.3 Å². The number of guanidine groups is 1. The number of fused-ring (bicyclic) bond motifs is 1. The fraction of sp³-hybridized carbons (Fsp3) is 0.333. The van der Waals surface area contributed by atoms with Crippen LogP contribution in [-0.4, -0.2) is 35.4 Å². The largest absolute Gasteiger partial charge is 0.356 e. The van der Waals surface area contributed by atoms with Gasteiger partial charge in [0, 0.05) is 31.6 Å². The zero-order chi connectivity index (χ0) is 19.1. The van der Waals surface area contributed by atoms with Crippen LogP contribution >= 0.6 is 35.7 Å². The zero-order valence-corrected chi connectivity index (χ0v) is 19.8. The van der Waals surface area contributed by atoms with Gasteiger partial charge in [0.2, 0.25) is 0 Å². The molecular weight excluding hydrogens is 481 g/mol. The number of nitrogens with one attached hydrogen (secondary N) is 2. The lowest BCUT2D eigenvalue weighted by molar-refractivity contribution is 0.624. The topological polar surface area (TPSA) is 54.2 Å². The van der Waals surface area contributed by atoms with E-state index in [4.69, 9.17) is 0 Å². The van der Waals surface area contributed by atoms with Crippen LogP contribution in [0.15, 0.2) is 58.4 Å². The van der Waals surface area contributed by atoms with Crippen LogP contribution < -0.4 is 10.6 Å². The van der Waals surface area contributed by atoms with Crippen molar-refractivity contribution in [1.82, 2.24) is 20.2 Å². The van der Waals surface area contributed by atoms with Crippen molar-refractivity contribution < 1.29 is 0 Å². The molecule has 0 spiro atoms. The number of thioether (sulfide) groups is 1. The van der Waals surface area contributed by atoms with E-state index < -0.39 is 0 Å². The maximum atomic E-state index is 4.62. The molecule has 0 saturated heterocycles. The summed E-state index contributed by atoms with van der Waals surface area (Å²) in [6.45, 7) is 4.62. The van der Waals surface area contributed by atoms with Gasteiger partial charge in [-0.3, -0.25) is 4.99 Å². The zero-order valence-electron chi connectivity index (χ0n) is 16.6. The summed E-state index contributed by atoms with van der Waals surface area (Å²) >= 11 is 1.76. The van der Waals surface area contributed by atoms with Gasteiger partial charge in [-0.25, -0.2) is 4.98 Å².